The Labute approximate surface area is 198 Å². The first-order chi connectivity index (χ1) is 15.0. The van der Waals surface area contributed by atoms with Crippen LogP contribution in [0, 0.1) is 0 Å². The zero-order valence-electron chi connectivity index (χ0n) is 15.9. The second-order valence-electron chi connectivity index (χ2n) is 6.42. The molecule has 0 aliphatic heterocycles. The van der Waals surface area contributed by atoms with Crippen LogP contribution in [0.4, 0.5) is 5.69 Å². The van der Waals surface area contributed by atoms with Crippen LogP contribution in [-0.2, 0) is 4.79 Å². The second-order valence-corrected chi connectivity index (χ2v) is 8.61. The summed E-state index contributed by atoms with van der Waals surface area (Å²) in [6.07, 6.45) is 0. The van der Waals surface area contributed by atoms with E-state index in [4.69, 9.17) is 34.8 Å². The van der Waals surface area contributed by atoms with Gasteiger partial charge in [0.05, 0.1) is 21.5 Å². The number of aromatic nitrogens is 3. The zero-order valence-corrected chi connectivity index (χ0v) is 19.0. The number of carbonyl (C=O) groups excluding carboxylic acids is 1. The highest BCUT2D eigenvalue weighted by molar-refractivity contribution is 7.99. The fourth-order valence-electron chi connectivity index (χ4n) is 2.88. The summed E-state index contributed by atoms with van der Waals surface area (Å²) in [5.41, 5.74) is 2.13. The molecular weight excluding hydrogens is 475 g/mol. The molecule has 0 aliphatic rings. The molecule has 1 aromatic heterocycles. The van der Waals surface area contributed by atoms with Crippen molar-refractivity contribution in [2.45, 2.75) is 5.16 Å². The molecule has 0 unspecified atom stereocenters. The van der Waals surface area contributed by atoms with Gasteiger partial charge in [0.2, 0.25) is 5.91 Å². The van der Waals surface area contributed by atoms with Crippen molar-refractivity contribution < 1.29 is 4.79 Å². The molecule has 156 valence electrons. The highest BCUT2D eigenvalue weighted by Gasteiger charge is 2.18. The first-order valence-corrected chi connectivity index (χ1v) is 11.3. The van der Waals surface area contributed by atoms with Gasteiger partial charge in [0, 0.05) is 16.3 Å². The number of rotatable bonds is 6. The molecule has 1 heterocycles. The van der Waals surface area contributed by atoms with E-state index in [1.165, 1.54) is 11.8 Å². The molecule has 4 aromatic rings. The lowest BCUT2D eigenvalue weighted by Crippen LogP contribution is -2.15. The summed E-state index contributed by atoms with van der Waals surface area (Å²) < 4.78 is 1.89. The summed E-state index contributed by atoms with van der Waals surface area (Å²) >= 11 is 19.6. The minimum absolute atomic E-state index is 0.0993. The van der Waals surface area contributed by atoms with Gasteiger partial charge in [0.25, 0.3) is 0 Å². The molecule has 0 saturated carbocycles. The molecule has 1 N–H and O–H groups in total. The number of anilines is 1. The molecule has 0 bridgehead atoms. The van der Waals surface area contributed by atoms with Crippen molar-refractivity contribution in [2.24, 2.45) is 0 Å². The lowest BCUT2D eigenvalue weighted by molar-refractivity contribution is -0.113. The fraction of sp³-hybridized carbons (Fsp3) is 0.0455. The minimum Gasteiger partial charge on any atom is -0.323 e. The number of halogens is 3. The number of para-hydroxylation sites is 1. The topological polar surface area (TPSA) is 59.8 Å². The highest BCUT2D eigenvalue weighted by atomic mass is 35.5. The Kier molecular flexibility index (Phi) is 6.83. The Morgan fingerprint density at radius 2 is 1.55 bits per heavy atom. The average molecular weight is 490 g/mol. The minimum atomic E-state index is -0.257. The number of thioether (sulfide) groups is 1. The second kappa shape index (κ2) is 9.75. The Morgan fingerprint density at radius 1 is 0.871 bits per heavy atom. The molecule has 0 atom stereocenters. The predicted octanol–water partition coefficient (Wildman–Crippen LogP) is 6.63. The Morgan fingerprint density at radius 3 is 2.23 bits per heavy atom. The normalized spacial score (nSPS) is 10.8. The van der Waals surface area contributed by atoms with Crippen molar-refractivity contribution in [3.63, 3.8) is 0 Å². The van der Waals surface area contributed by atoms with E-state index in [0.717, 1.165) is 11.3 Å². The molecule has 9 heteroatoms. The molecule has 31 heavy (non-hydrogen) atoms. The van der Waals surface area contributed by atoms with E-state index in [-0.39, 0.29) is 11.7 Å². The summed E-state index contributed by atoms with van der Waals surface area (Å²) in [5.74, 6) is 0.508. The molecule has 0 radical (unpaired) electrons. The number of benzene rings is 3. The van der Waals surface area contributed by atoms with Crippen LogP contribution in [0.1, 0.15) is 0 Å². The maximum atomic E-state index is 12.5. The number of nitrogens with zero attached hydrogens (tertiary/aromatic N) is 3. The van der Waals surface area contributed by atoms with Crippen molar-refractivity contribution in [1.29, 1.82) is 0 Å². The lowest BCUT2D eigenvalue weighted by Gasteiger charge is -2.11. The summed E-state index contributed by atoms with van der Waals surface area (Å²) in [4.78, 5) is 12.5. The van der Waals surface area contributed by atoms with Gasteiger partial charge in [-0.2, -0.15) is 0 Å². The number of hydrogen-bond acceptors (Lipinski definition) is 4. The fourth-order valence-corrected chi connectivity index (χ4v) is 4.25. The van der Waals surface area contributed by atoms with Gasteiger partial charge in [-0.3, -0.25) is 9.36 Å². The molecule has 5 nitrogen and oxygen atoms in total. The van der Waals surface area contributed by atoms with Gasteiger partial charge in [-0.1, -0.05) is 83.0 Å². The van der Waals surface area contributed by atoms with Crippen molar-refractivity contribution >= 4 is 58.2 Å². The van der Waals surface area contributed by atoms with Crippen molar-refractivity contribution in [1.82, 2.24) is 14.8 Å². The smallest absolute Gasteiger partial charge is 0.234 e. The number of amides is 1. The van der Waals surface area contributed by atoms with Gasteiger partial charge in [-0.15, -0.1) is 10.2 Å². The third-order valence-electron chi connectivity index (χ3n) is 4.31. The van der Waals surface area contributed by atoms with Gasteiger partial charge >= 0.3 is 0 Å². The Balaban J connectivity index is 1.60. The van der Waals surface area contributed by atoms with E-state index >= 15 is 0 Å². The number of nitrogens with one attached hydrogen (secondary N) is 1. The van der Waals surface area contributed by atoms with Gasteiger partial charge in [-0.05, 0) is 36.4 Å². The first-order valence-electron chi connectivity index (χ1n) is 9.16. The lowest BCUT2D eigenvalue weighted by atomic mass is 10.2. The highest BCUT2D eigenvalue weighted by Crippen LogP contribution is 2.31. The summed E-state index contributed by atoms with van der Waals surface area (Å²) in [6, 6.07) is 22.1. The summed E-state index contributed by atoms with van der Waals surface area (Å²) in [5, 5.41) is 13.4. The molecule has 0 saturated heterocycles. The zero-order chi connectivity index (χ0) is 21.8. The van der Waals surface area contributed by atoms with Crippen LogP contribution in [0.5, 0.6) is 0 Å². The predicted molar refractivity (Wildman–Crippen MR) is 128 cm³/mol. The van der Waals surface area contributed by atoms with Crippen LogP contribution in [0.2, 0.25) is 15.1 Å². The number of hydrogen-bond donors (Lipinski definition) is 1. The van der Waals surface area contributed by atoms with Crippen LogP contribution < -0.4 is 5.32 Å². The van der Waals surface area contributed by atoms with E-state index in [9.17, 15) is 4.79 Å². The molecule has 3 aromatic carbocycles. The van der Waals surface area contributed by atoms with E-state index in [1.54, 1.807) is 30.3 Å². The Hall–Kier alpha value is -2.51. The van der Waals surface area contributed by atoms with Gasteiger partial charge in [-0.25, -0.2) is 0 Å². The maximum absolute atomic E-state index is 12.5. The third-order valence-corrected chi connectivity index (χ3v) is 6.12. The first kappa shape index (κ1) is 21.7. The number of carbonyl (C=O) groups is 1. The Bertz CT molecular complexity index is 1190. The average Bonchev–Trinajstić information content (AvgIpc) is 3.20. The molecular formula is C22H15Cl3N4OS. The van der Waals surface area contributed by atoms with Gasteiger partial charge in [0.15, 0.2) is 11.0 Å². The maximum Gasteiger partial charge on any atom is 0.234 e. The molecule has 0 spiro atoms. The van der Waals surface area contributed by atoms with Crippen LogP contribution in [0.3, 0.4) is 0 Å². The monoisotopic (exact) mass is 488 g/mol. The third kappa shape index (κ3) is 5.05. The van der Waals surface area contributed by atoms with Crippen molar-refractivity contribution in [2.75, 3.05) is 11.1 Å². The van der Waals surface area contributed by atoms with Crippen molar-refractivity contribution in [3.05, 3.63) is 87.9 Å². The summed E-state index contributed by atoms with van der Waals surface area (Å²) in [6.45, 7) is 0. The van der Waals surface area contributed by atoms with Crippen LogP contribution in [0.15, 0.2) is 78.0 Å². The largest absolute Gasteiger partial charge is 0.323 e. The van der Waals surface area contributed by atoms with Crippen molar-refractivity contribution in [3.8, 4) is 17.1 Å². The molecule has 0 fully saturated rings. The SMILES string of the molecule is O=C(CSc1nnc(-c2ccccc2)n1-c1ccc(Cl)cc1)Nc1c(Cl)cccc1Cl. The molecule has 1 amide bonds. The van der Waals surface area contributed by atoms with Gasteiger partial charge in [0.1, 0.15) is 0 Å². The van der Waals surface area contributed by atoms with Crippen LogP contribution in [-0.4, -0.2) is 26.4 Å². The standard InChI is InChI=1S/C22H15Cl3N4OS/c23-15-9-11-16(12-10-15)29-21(14-5-2-1-3-6-14)27-28-22(29)31-13-19(30)26-20-17(24)7-4-8-18(20)25/h1-12H,13H2,(H,26,30). The van der Waals surface area contributed by atoms with E-state index in [2.05, 4.69) is 15.5 Å². The summed E-state index contributed by atoms with van der Waals surface area (Å²) in [7, 11) is 0. The van der Waals surface area contributed by atoms with E-state index in [1.807, 2.05) is 47.0 Å². The molecule has 4 rings (SSSR count). The van der Waals surface area contributed by atoms with E-state index in [0.29, 0.717) is 31.7 Å². The quantitative estimate of drug-likeness (QED) is 0.309. The van der Waals surface area contributed by atoms with Gasteiger partial charge < -0.3 is 5.32 Å². The van der Waals surface area contributed by atoms with E-state index < -0.39 is 0 Å². The van der Waals surface area contributed by atoms with Crippen LogP contribution >= 0.6 is 46.6 Å². The molecule has 0 aliphatic carbocycles. The van der Waals surface area contributed by atoms with Crippen LogP contribution in [0.25, 0.3) is 17.1 Å².